The van der Waals surface area contributed by atoms with Crippen LogP contribution in [0.3, 0.4) is 0 Å². The molecule has 0 saturated carbocycles. The van der Waals surface area contributed by atoms with Crippen molar-refractivity contribution < 1.29 is 4.79 Å². The van der Waals surface area contributed by atoms with E-state index in [-0.39, 0.29) is 5.91 Å². The third-order valence-electron chi connectivity index (χ3n) is 3.00. The predicted molar refractivity (Wildman–Crippen MR) is 98.5 cm³/mol. The molecule has 0 aliphatic rings. The second kappa shape index (κ2) is 9.23. The minimum Gasteiger partial charge on any atom is -0.355 e. The van der Waals surface area contributed by atoms with Crippen LogP contribution in [-0.4, -0.2) is 18.2 Å². The lowest BCUT2D eigenvalue weighted by Crippen LogP contribution is -2.27. The molecule has 0 radical (unpaired) electrons. The van der Waals surface area contributed by atoms with Crippen LogP contribution in [0.25, 0.3) is 0 Å². The zero-order chi connectivity index (χ0) is 15.8. The number of nitrogens with one attached hydrogen (secondary N) is 1. The van der Waals surface area contributed by atoms with Crippen molar-refractivity contribution in [2.24, 2.45) is 0 Å². The van der Waals surface area contributed by atoms with E-state index in [0.29, 0.717) is 13.0 Å². The van der Waals surface area contributed by atoms with Crippen LogP contribution in [0, 0.1) is 0 Å². The van der Waals surface area contributed by atoms with Gasteiger partial charge in [0.1, 0.15) is 0 Å². The molecule has 0 bridgehead atoms. The number of amides is 1. The first kappa shape index (κ1) is 17.4. The molecule has 0 aliphatic heterocycles. The van der Waals surface area contributed by atoms with Gasteiger partial charge in [0, 0.05) is 27.5 Å². The van der Waals surface area contributed by atoms with E-state index in [9.17, 15) is 4.79 Å². The van der Waals surface area contributed by atoms with Crippen LogP contribution in [0.5, 0.6) is 0 Å². The van der Waals surface area contributed by atoms with Crippen LogP contribution < -0.4 is 5.32 Å². The first-order valence-electron chi connectivity index (χ1n) is 6.97. The van der Waals surface area contributed by atoms with Gasteiger partial charge in [-0.05, 0) is 35.4 Å². The molecule has 2 nitrogen and oxygen atoms in total. The molecule has 0 heterocycles. The highest BCUT2D eigenvalue weighted by atomic mass is 79.9. The van der Waals surface area contributed by atoms with Crippen molar-refractivity contribution in [1.82, 2.24) is 5.32 Å². The second-order valence-electron chi connectivity index (χ2n) is 4.84. The van der Waals surface area contributed by atoms with Crippen molar-refractivity contribution >= 4 is 45.2 Å². The summed E-state index contributed by atoms with van der Waals surface area (Å²) in [5.74, 6) is 1.89. The van der Waals surface area contributed by atoms with Crippen LogP contribution in [0.4, 0.5) is 0 Å². The molecule has 116 valence electrons. The molecule has 5 heteroatoms. The van der Waals surface area contributed by atoms with Crippen molar-refractivity contribution in [3.05, 3.63) is 69.2 Å². The number of hydrogen-bond donors (Lipinski definition) is 1. The molecule has 0 atom stereocenters. The van der Waals surface area contributed by atoms with E-state index in [1.165, 1.54) is 5.56 Å². The molecule has 22 heavy (non-hydrogen) atoms. The molecule has 1 amide bonds. The monoisotopic (exact) mass is 397 g/mol. The number of carbonyl (C=O) groups is 1. The van der Waals surface area contributed by atoms with Gasteiger partial charge in [-0.3, -0.25) is 4.79 Å². The Morgan fingerprint density at radius 3 is 2.64 bits per heavy atom. The minimum atomic E-state index is 0.0604. The lowest BCUT2D eigenvalue weighted by atomic mass is 10.1. The third-order valence-corrected chi connectivity index (χ3v) is 4.78. The molecule has 0 aliphatic carbocycles. The van der Waals surface area contributed by atoms with Gasteiger partial charge in [0.2, 0.25) is 5.91 Å². The van der Waals surface area contributed by atoms with Crippen LogP contribution in [0.1, 0.15) is 11.1 Å². The average Bonchev–Trinajstić information content (AvgIpc) is 2.49. The number of benzene rings is 2. The first-order chi connectivity index (χ1) is 10.6. The zero-order valence-electron chi connectivity index (χ0n) is 12.0. The molecular weight excluding hydrogens is 382 g/mol. The van der Waals surface area contributed by atoms with Crippen LogP contribution >= 0.6 is 39.3 Å². The van der Waals surface area contributed by atoms with Gasteiger partial charge in [0.05, 0.1) is 6.42 Å². The molecule has 1 N–H and O–H groups in total. The van der Waals surface area contributed by atoms with Crippen molar-refractivity contribution in [1.29, 1.82) is 0 Å². The molecule has 2 aromatic rings. The van der Waals surface area contributed by atoms with Crippen molar-refractivity contribution in [2.75, 3.05) is 12.3 Å². The van der Waals surface area contributed by atoms with Gasteiger partial charge in [0.25, 0.3) is 0 Å². The number of halogens is 2. The summed E-state index contributed by atoms with van der Waals surface area (Å²) in [7, 11) is 0. The lowest BCUT2D eigenvalue weighted by Gasteiger charge is -2.06. The molecule has 0 saturated heterocycles. The smallest absolute Gasteiger partial charge is 0.224 e. The van der Waals surface area contributed by atoms with E-state index in [1.54, 1.807) is 11.8 Å². The van der Waals surface area contributed by atoms with E-state index < -0.39 is 0 Å². The van der Waals surface area contributed by atoms with Gasteiger partial charge >= 0.3 is 0 Å². The van der Waals surface area contributed by atoms with E-state index >= 15 is 0 Å². The van der Waals surface area contributed by atoms with Gasteiger partial charge < -0.3 is 5.32 Å². The van der Waals surface area contributed by atoms with E-state index in [4.69, 9.17) is 11.6 Å². The van der Waals surface area contributed by atoms with Gasteiger partial charge in [-0.1, -0.05) is 51.8 Å². The Hall–Kier alpha value is -0.970. The van der Waals surface area contributed by atoms with Crippen molar-refractivity contribution in [2.45, 2.75) is 12.2 Å². The molecule has 0 unspecified atom stereocenters. The fourth-order valence-electron chi connectivity index (χ4n) is 1.93. The Labute approximate surface area is 148 Å². The first-order valence-corrected chi connectivity index (χ1v) is 9.29. The largest absolute Gasteiger partial charge is 0.355 e. The number of hydrogen-bond acceptors (Lipinski definition) is 2. The Balaban J connectivity index is 1.62. The third kappa shape index (κ3) is 6.42. The van der Waals surface area contributed by atoms with Gasteiger partial charge in [-0.2, -0.15) is 11.8 Å². The number of carbonyl (C=O) groups excluding carboxylic acids is 1. The van der Waals surface area contributed by atoms with E-state index in [2.05, 4.69) is 21.2 Å². The van der Waals surface area contributed by atoms with Gasteiger partial charge in [-0.15, -0.1) is 0 Å². The van der Waals surface area contributed by atoms with E-state index in [1.807, 2.05) is 48.5 Å². The van der Waals surface area contributed by atoms with Crippen LogP contribution in [0.2, 0.25) is 5.02 Å². The summed E-state index contributed by atoms with van der Waals surface area (Å²) < 4.78 is 0.997. The summed E-state index contributed by atoms with van der Waals surface area (Å²) in [6.45, 7) is 0.686. The van der Waals surface area contributed by atoms with Gasteiger partial charge in [-0.25, -0.2) is 0 Å². The Morgan fingerprint density at radius 2 is 1.91 bits per heavy atom. The van der Waals surface area contributed by atoms with Crippen molar-refractivity contribution in [3.8, 4) is 0 Å². The van der Waals surface area contributed by atoms with Crippen LogP contribution in [0.15, 0.2) is 53.0 Å². The highest BCUT2D eigenvalue weighted by Crippen LogP contribution is 2.15. The predicted octanol–water partition coefficient (Wildman–Crippen LogP) is 4.69. The Kier molecular flexibility index (Phi) is 7.30. The highest BCUT2D eigenvalue weighted by Gasteiger charge is 2.03. The molecule has 0 fully saturated rings. The molecule has 2 aromatic carbocycles. The normalized spacial score (nSPS) is 10.5. The maximum atomic E-state index is 11.8. The molecule has 0 aromatic heterocycles. The molecular formula is C17H17BrClNOS. The summed E-state index contributed by atoms with van der Waals surface area (Å²) in [5.41, 5.74) is 2.26. The number of thioether (sulfide) groups is 1. The second-order valence-corrected chi connectivity index (χ2v) is 7.29. The molecule has 0 spiro atoms. The number of rotatable bonds is 7. The summed E-state index contributed by atoms with van der Waals surface area (Å²) in [4.78, 5) is 11.8. The maximum absolute atomic E-state index is 11.8. The quantitative estimate of drug-likeness (QED) is 0.685. The van der Waals surface area contributed by atoms with E-state index in [0.717, 1.165) is 26.6 Å². The van der Waals surface area contributed by atoms with Gasteiger partial charge in [0.15, 0.2) is 0 Å². The summed E-state index contributed by atoms with van der Waals surface area (Å²) >= 11 is 11.1. The Bertz CT molecular complexity index is 618. The maximum Gasteiger partial charge on any atom is 0.224 e. The SMILES string of the molecule is O=C(Cc1cccc(Br)c1)NCCSCc1ccc(Cl)cc1. The lowest BCUT2D eigenvalue weighted by molar-refractivity contribution is -0.120. The molecule has 2 rings (SSSR count). The summed E-state index contributed by atoms with van der Waals surface area (Å²) in [6.07, 6.45) is 0.418. The summed E-state index contributed by atoms with van der Waals surface area (Å²) in [6, 6.07) is 15.7. The average molecular weight is 399 g/mol. The minimum absolute atomic E-state index is 0.0604. The van der Waals surface area contributed by atoms with Crippen LogP contribution in [-0.2, 0) is 17.0 Å². The van der Waals surface area contributed by atoms with Crippen molar-refractivity contribution in [3.63, 3.8) is 0 Å². The topological polar surface area (TPSA) is 29.1 Å². The Morgan fingerprint density at radius 1 is 1.14 bits per heavy atom. The fourth-order valence-corrected chi connectivity index (χ4v) is 3.32. The zero-order valence-corrected chi connectivity index (χ0v) is 15.2. The fraction of sp³-hybridized carbons (Fsp3) is 0.235. The standard InChI is InChI=1S/C17H17BrClNOS/c18-15-3-1-2-14(10-15)11-17(21)20-8-9-22-12-13-4-6-16(19)7-5-13/h1-7,10H,8-9,11-12H2,(H,20,21). The summed E-state index contributed by atoms with van der Waals surface area (Å²) in [5, 5.41) is 3.71. The highest BCUT2D eigenvalue weighted by molar-refractivity contribution is 9.10.